The van der Waals surface area contributed by atoms with Crippen molar-refractivity contribution in [1.82, 2.24) is 0 Å². The first kappa shape index (κ1) is 15.9. The Morgan fingerprint density at radius 3 is 1.39 bits per heavy atom. The number of allylic oxidation sites excluding steroid dienone is 1. The van der Waals surface area contributed by atoms with Gasteiger partial charge in [0.25, 0.3) is 0 Å². The van der Waals surface area contributed by atoms with E-state index >= 15 is 0 Å². The molecular formula is C18H22. The summed E-state index contributed by atoms with van der Waals surface area (Å²) in [7, 11) is 0. The van der Waals surface area contributed by atoms with Crippen LogP contribution in [0.3, 0.4) is 0 Å². The average molecular weight is 238 g/mol. The fraction of sp³-hybridized carbons (Fsp3) is 0.111. The van der Waals surface area contributed by atoms with Gasteiger partial charge in [0, 0.05) is 0 Å². The van der Waals surface area contributed by atoms with E-state index in [4.69, 9.17) is 0 Å². The molecular weight excluding hydrogens is 216 g/mol. The zero-order valence-corrected chi connectivity index (χ0v) is 11.3. The summed E-state index contributed by atoms with van der Waals surface area (Å²) in [5, 5.41) is 0. The number of aryl methyl sites for hydroxylation is 1. The predicted molar refractivity (Wildman–Crippen MR) is 83.6 cm³/mol. The quantitative estimate of drug-likeness (QED) is 0.574. The molecule has 0 aromatic heterocycles. The molecule has 0 amide bonds. The molecule has 0 aliphatic carbocycles. The van der Waals surface area contributed by atoms with E-state index in [0.717, 1.165) is 0 Å². The summed E-state index contributed by atoms with van der Waals surface area (Å²) in [5.74, 6) is 0. The minimum absolute atomic E-state index is 1.17. The predicted octanol–water partition coefficient (Wildman–Crippen LogP) is 5.52. The van der Waals surface area contributed by atoms with Crippen LogP contribution in [0.1, 0.15) is 18.1 Å². The third kappa shape index (κ3) is 9.17. The lowest BCUT2D eigenvalue weighted by Gasteiger charge is -1.85. The lowest BCUT2D eigenvalue weighted by atomic mass is 10.2. The average Bonchev–Trinajstić information content (AvgIpc) is 2.42. The highest BCUT2D eigenvalue weighted by molar-refractivity contribution is 5.45. The second-order valence-electron chi connectivity index (χ2n) is 3.68. The van der Waals surface area contributed by atoms with Gasteiger partial charge in [0.1, 0.15) is 0 Å². The molecule has 0 bridgehead atoms. The highest BCUT2D eigenvalue weighted by Crippen LogP contribution is 1.97. The molecule has 94 valence electrons. The van der Waals surface area contributed by atoms with E-state index in [1.807, 2.05) is 61.5 Å². The van der Waals surface area contributed by atoms with E-state index in [-0.39, 0.29) is 0 Å². The first-order valence-corrected chi connectivity index (χ1v) is 6.00. The minimum Gasteiger partial charge on any atom is -0.103 e. The number of hydrogen-bond donors (Lipinski definition) is 0. The zero-order valence-electron chi connectivity index (χ0n) is 11.3. The second-order valence-corrected chi connectivity index (χ2v) is 3.68. The number of benzene rings is 2. The van der Waals surface area contributed by atoms with Crippen LogP contribution in [0.25, 0.3) is 6.08 Å². The van der Waals surface area contributed by atoms with E-state index < -0.39 is 0 Å². The largest absolute Gasteiger partial charge is 0.103 e. The lowest BCUT2D eigenvalue weighted by molar-refractivity contribution is 1.48. The van der Waals surface area contributed by atoms with Crippen molar-refractivity contribution in [3.8, 4) is 0 Å². The normalized spacial score (nSPS) is 7.89. The van der Waals surface area contributed by atoms with Gasteiger partial charge in [-0.3, -0.25) is 0 Å². The van der Waals surface area contributed by atoms with Gasteiger partial charge in [0.2, 0.25) is 0 Å². The van der Waals surface area contributed by atoms with E-state index in [1.165, 1.54) is 11.1 Å². The smallest absolute Gasteiger partial charge is 0.0263 e. The Hall–Kier alpha value is -2.08. The first-order valence-electron chi connectivity index (χ1n) is 6.00. The maximum Gasteiger partial charge on any atom is -0.0263 e. The van der Waals surface area contributed by atoms with Gasteiger partial charge in [0.15, 0.2) is 0 Å². The summed E-state index contributed by atoms with van der Waals surface area (Å²) in [6, 6.07) is 20.3. The molecule has 0 unspecified atom stereocenters. The number of hydrogen-bond acceptors (Lipinski definition) is 0. The van der Waals surface area contributed by atoms with E-state index in [0.29, 0.717) is 0 Å². The van der Waals surface area contributed by atoms with Gasteiger partial charge >= 0.3 is 0 Å². The van der Waals surface area contributed by atoms with Gasteiger partial charge < -0.3 is 0 Å². The van der Waals surface area contributed by atoms with Crippen molar-refractivity contribution in [1.29, 1.82) is 0 Å². The Kier molecular flexibility index (Phi) is 10.1. The van der Waals surface area contributed by atoms with Gasteiger partial charge in [-0.2, -0.15) is 0 Å². The van der Waals surface area contributed by atoms with Gasteiger partial charge in [0.05, 0.1) is 0 Å². The summed E-state index contributed by atoms with van der Waals surface area (Å²) in [6.45, 7) is 11.0. The summed E-state index contributed by atoms with van der Waals surface area (Å²) < 4.78 is 0. The van der Waals surface area contributed by atoms with Gasteiger partial charge in [-0.25, -0.2) is 0 Å². The fourth-order valence-electron chi connectivity index (χ4n) is 1.12. The van der Waals surface area contributed by atoms with Crippen molar-refractivity contribution in [2.45, 2.75) is 13.8 Å². The van der Waals surface area contributed by atoms with Crippen LogP contribution in [0.5, 0.6) is 0 Å². The third-order valence-corrected chi connectivity index (χ3v) is 1.98. The van der Waals surface area contributed by atoms with Crippen molar-refractivity contribution in [2.24, 2.45) is 0 Å². The van der Waals surface area contributed by atoms with Crippen LogP contribution in [0.15, 0.2) is 79.9 Å². The van der Waals surface area contributed by atoms with E-state index in [9.17, 15) is 0 Å². The van der Waals surface area contributed by atoms with Crippen LogP contribution < -0.4 is 0 Å². The Bertz CT molecular complexity index is 412. The molecule has 18 heavy (non-hydrogen) atoms. The molecule has 0 N–H and O–H groups in total. The fourth-order valence-corrected chi connectivity index (χ4v) is 1.12. The molecule has 0 aliphatic rings. The van der Waals surface area contributed by atoms with Crippen LogP contribution in [-0.2, 0) is 0 Å². The van der Waals surface area contributed by atoms with Crippen LogP contribution >= 0.6 is 0 Å². The topological polar surface area (TPSA) is 0 Å². The molecule has 0 heteroatoms. The molecule has 2 rings (SSSR count). The molecule has 2 aromatic rings. The van der Waals surface area contributed by atoms with Crippen LogP contribution in [0.4, 0.5) is 0 Å². The van der Waals surface area contributed by atoms with Gasteiger partial charge in [-0.15, -0.1) is 6.58 Å². The van der Waals surface area contributed by atoms with Crippen molar-refractivity contribution < 1.29 is 0 Å². The van der Waals surface area contributed by atoms with E-state index in [2.05, 4.69) is 32.2 Å². The lowest BCUT2D eigenvalue weighted by Crippen LogP contribution is -1.63. The molecule has 2 aromatic carbocycles. The van der Waals surface area contributed by atoms with Crippen LogP contribution in [0, 0.1) is 6.92 Å². The minimum atomic E-state index is 1.17. The van der Waals surface area contributed by atoms with Crippen LogP contribution in [0.2, 0.25) is 0 Å². The van der Waals surface area contributed by atoms with Crippen molar-refractivity contribution in [3.63, 3.8) is 0 Å². The number of rotatable bonds is 1. The molecule has 0 saturated heterocycles. The molecule has 0 atom stereocenters. The summed E-state index contributed by atoms with van der Waals surface area (Å²) in [5.41, 5.74) is 2.50. The molecule has 0 saturated carbocycles. The standard InChI is InChI=1S/C8H8.C7H8.C3H6/c1-2-8-6-4-3-5-7-8;1-7-5-3-2-4-6-7;1-3-2/h2-7H,1H2;2-6H,1H3;3H,1H2,2H3. The first-order chi connectivity index (χ1) is 8.74. The molecule has 0 fully saturated rings. The van der Waals surface area contributed by atoms with E-state index in [1.54, 1.807) is 6.08 Å². The summed E-state index contributed by atoms with van der Waals surface area (Å²) >= 11 is 0. The Labute approximate surface area is 111 Å². The SMILES string of the molecule is C=CC.C=Cc1ccccc1.Cc1ccccc1. The molecule has 0 aliphatic heterocycles. The highest BCUT2D eigenvalue weighted by atomic mass is 13.8. The highest BCUT2D eigenvalue weighted by Gasteiger charge is 1.75. The van der Waals surface area contributed by atoms with Gasteiger partial charge in [-0.1, -0.05) is 85.0 Å². The Morgan fingerprint density at radius 1 is 0.778 bits per heavy atom. The monoisotopic (exact) mass is 238 g/mol. The maximum atomic E-state index is 3.63. The zero-order chi connectivity index (χ0) is 13.6. The van der Waals surface area contributed by atoms with Crippen molar-refractivity contribution >= 4 is 6.08 Å². The van der Waals surface area contributed by atoms with Crippen molar-refractivity contribution in [2.75, 3.05) is 0 Å². The maximum absolute atomic E-state index is 3.63. The molecule has 0 spiro atoms. The summed E-state index contributed by atoms with van der Waals surface area (Å²) in [4.78, 5) is 0. The summed E-state index contributed by atoms with van der Waals surface area (Å²) in [6.07, 6.45) is 3.58. The van der Waals surface area contributed by atoms with Crippen LogP contribution in [-0.4, -0.2) is 0 Å². The Morgan fingerprint density at radius 2 is 1.17 bits per heavy atom. The second kappa shape index (κ2) is 11.4. The molecule has 0 heterocycles. The molecule has 0 radical (unpaired) electrons. The molecule has 0 nitrogen and oxygen atoms in total. The van der Waals surface area contributed by atoms with Crippen molar-refractivity contribution in [3.05, 3.63) is 91.0 Å². The van der Waals surface area contributed by atoms with Gasteiger partial charge in [-0.05, 0) is 19.4 Å². The third-order valence-electron chi connectivity index (χ3n) is 1.98. The Balaban J connectivity index is 0.000000267.